The topological polar surface area (TPSA) is 169 Å². The number of benzene rings is 5. The van der Waals surface area contributed by atoms with E-state index in [4.69, 9.17) is 39.4 Å². The van der Waals surface area contributed by atoms with Crippen LogP contribution in [-0.2, 0) is 0 Å². The molecule has 62 heavy (non-hydrogen) atoms. The third-order valence-electron chi connectivity index (χ3n) is 10.1. The summed E-state index contributed by atoms with van der Waals surface area (Å²) < 4.78 is 0. The summed E-state index contributed by atoms with van der Waals surface area (Å²) in [7, 11) is 0. The fraction of sp³-hybridized carbons (Fsp3) is 0. The SMILES string of the molecule is [C-]#[N+]C1=C(c2ccc([N+]#[C-])c([N+]#[C-])c2)/C(=C(/C#N)c2cc([N+]#[C-])cc([N+]#[C-])c2)c2cc3c(cc21)C(C#N)=C(c1ccc(C#N)c(C#N)c1)/C3=C(/[N+]#[C-])c1cc(C#N)cc(C#N)c1. The van der Waals surface area contributed by atoms with Crippen LogP contribution in [0.2, 0.25) is 0 Å². The molecule has 2 aliphatic rings. The molecule has 0 bridgehead atoms. The van der Waals surface area contributed by atoms with Crippen LogP contribution >= 0.6 is 0 Å². The Morgan fingerprint density at radius 2 is 1.06 bits per heavy atom. The van der Waals surface area contributed by atoms with Crippen LogP contribution in [-0.4, -0.2) is 0 Å². The van der Waals surface area contributed by atoms with E-state index < -0.39 is 0 Å². The fourth-order valence-electron chi connectivity index (χ4n) is 7.55. The van der Waals surface area contributed by atoms with Crippen LogP contribution in [0.1, 0.15) is 66.8 Å². The molecule has 0 heterocycles. The van der Waals surface area contributed by atoms with Crippen molar-refractivity contribution < 1.29 is 0 Å². The molecule has 0 spiro atoms. The Kier molecular flexibility index (Phi) is 10.0. The van der Waals surface area contributed by atoms with Crippen molar-refractivity contribution in [1.82, 2.24) is 0 Å². The summed E-state index contributed by atoms with van der Waals surface area (Å²) in [6.07, 6.45) is 0. The Bertz CT molecular complexity index is 3350. The van der Waals surface area contributed by atoms with Gasteiger partial charge in [-0.05, 0) is 103 Å². The maximum Gasteiger partial charge on any atom is 0.203 e. The van der Waals surface area contributed by atoms with Gasteiger partial charge in [0.05, 0.1) is 85.0 Å². The number of hydrogen-bond donors (Lipinski definition) is 0. The maximum absolute atomic E-state index is 11.0. The summed E-state index contributed by atoms with van der Waals surface area (Å²) in [5.74, 6) is 0. The van der Waals surface area contributed by atoms with E-state index in [1.165, 1.54) is 66.7 Å². The predicted molar refractivity (Wildman–Crippen MR) is 228 cm³/mol. The lowest BCUT2D eigenvalue weighted by atomic mass is 9.86. The van der Waals surface area contributed by atoms with Gasteiger partial charge in [0, 0.05) is 0 Å². The zero-order chi connectivity index (χ0) is 44.2. The van der Waals surface area contributed by atoms with Gasteiger partial charge in [0.15, 0.2) is 22.7 Å². The number of hydrogen-bond acceptors (Lipinski definition) is 6. The minimum Gasteiger partial charge on any atom is -0.250 e. The third kappa shape index (κ3) is 6.18. The first kappa shape index (κ1) is 39.2. The molecule has 5 aromatic carbocycles. The van der Waals surface area contributed by atoms with Gasteiger partial charge in [0.25, 0.3) is 0 Å². The Morgan fingerprint density at radius 3 is 1.61 bits per heavy atom. The molecular formula is C50H14N12. The highest BCUT2D eigenvalue weighted by Crippen LogP contribution is 2.57. The molecule has 0 saturated heterocycles. The van der Waals surface area contributed by atoms with Crippen LogP contribution in [0, 0.1) is 107 Å². The van der Waals surface area contributed by atoms with Crippen LogP contribution in [0.25, 0.3) is 73.9 Å². The van der Waals surface area contributed by atoms with Gasteiger partial charge in [-0.15, -0.1) is 0 Å². The molecule has 12 heteroatoms. The molecule has 0 saturated carbocycles. The van der Waals surface area contributed by atoms with E-state index in [9.17, 15) is 31.6 Å². The summed E-state index contributed by atoms with van der Waals surface area (Å²) in [5.41, 5.74) is 2.95. The Labute approximate surface area is 354 Å². The average molecular weight is 783 g/mol. The fourth-order valence-corrected chi connectivity index (χ4v) is 7.55. The molecule has 0 amide bonds. The molecule has 7 rings (SSSR count). The van der Waals surface area contributed by atoms with Crippen molar-refractivity contribution in [3.63, 3.8) is 0 Å². The second-order valence-electron chi connectivity index (χ2n) is 13.2. The van der Waals surface area contributed by atoms with Crippen molar-refractivity contribution in [3.05, 3.63) is 220 Å². The molecular weight excluding hydrogens is 769 g/mol. The van der Waals surface area contributed by atoms with E-state index in [-0.39, 0.29) is 129 Å². The molecule has 5 aromatic rings. The molecule has 0 fully saturated rings. The number of rotatable bonds is 4. The van der Waals surface area contributed by atoms with Crippen molar-refractivity contribution in [2.45, 2.75) is 0 Å². The third-order valence-corrected chi connectivity index (χ3v) is 10.1. The van der Waals surface area contributed by atoms with Crippen LogP contribution in [0.4, 0.5) is 22.7 Å². The first-order chi connectivity index (χ1) is 30.2. The normalized spacial score (nSPS) is 13.2. The van der Waals surface area contributed by atoms with Gasteiger partial charge < -0.3 is 0 Å². The predicted octanol–water partition coefficient (Wildman–Crippen LogP) is 11.8. The van der Waals surface area contributed by atoms with Crippen molar-refractivity contribution >= 4 is 67.6 Å². The van der Waals surface area contributed by atoms with E-state index in [0.717, 1.165) is 0 Å². The largest absolute Gasteiger partial charge is 0.250 e. The summed E-state index contributed by atoms with van der Waals surface area (Å²) in [4.78, 5) is 21.8. The monoisotopic (exact) mass is 782 g/mol. The number of nitrogens with zero attached hydrogens (tertiary/aromatic N) is 12. The van der Waals surface area contributed by atoms with Gasteiger partial charge in [0.2, 0.25) is 11.4 Å². The first-order valence-electron chi connectivity index (χ1n) is 17.6. The lowest BCUT2D eigenvalue weighted by Gasteiger charge is -2.16. The second kappa shape index (κ2) is 15.8. The number of nitriles is 6. The molecule has 12 nitrogen and oxygen atoms in total. The summed E-state index contributed by atoms with van der Waals surface area (Å²) in [6, 6.07) is 32.9. The highest BCUT2D eigenvalue weighted by molar-refractivity contribution is 6.33. The van der Waals surface area contributed by atoms with Gasteiger partial charge in [-0.1, -0.05) is 48.5 Å². The lowest BCUT2D eigenvalue weighted by Crippen LogP contribution is -1.97. The zero-order valence-electron chi connectivity index (χ0n) is 31.4. The maximum atomic E-state index is 11.0. The van der Waals surface area contributed by atoms with E-state index in [1.54, 1.807) is 18.2 Å². The standard InChI is InChI=1S/C50H14N12/c1-57-35-15-32(16-36(18-35)58-2)41(25-55)47-39-20-38-37(19-40(39)50(62-6)46(47)30-9-10-43(59-3)44(17-30)60-4)42(26-56)45(29-7-8-31(23-53)34(14-29)24-54)48(38)49(61-5)33-12-27(21-51)11-28(13-33)22-52/h7-20H/b47-41-,49-48+. The minimum atomic E-state index is -0.0894. The first-order valence-corrected chi connectivity index (χ1v) is 17.6. The van der Waals surface area contributed by atoms with Gasteiger partial charge in [0.1, 0.15) is 24.3 Å². The Morgan fingerprint density at radius 1 is 0.452 bits per heavy atom. The second-order valence-corrected chi connectivity index (χ2v) is 13.2. The van der Waals surface area contributed by atoms with Gasteiger partial charge in [-0.3, -0.25) is 9.69 Å². The van der Waals surface area contributed by atoms with Crippen LogP contribution in [0.15, 0.2) is 84.9 Å². The minimum absolute atomic E-state index is 0.00890. The average Bonchev–Trinajstić information content (AvgIpc) is 3.81. The highest BCUT2D eigenvalue weighted by Gasteiger charge is 2.38. The Hall–Kier alpha value is -11.1. The molecule has 0 aromatic heterocycles. The quantitative estimate of drug-likeness (QED) is 0.130. The van der Waals surface area contributed by atoms with E-state index in [2.05, 4.69) is 41.2 Å². The molecule has 2 aliphatic carbocycles. The van der Waals surface area contributed by atoms with Crippen molar-refractivity contribution in [1.29, 1.82) is 31.6 Å². The molecule has 0 radical (unpaired) electrons. The number of allylic oxidation sites excluding steroid dienone is 6. The smallest absolute Gasteiger partial charge is 0.203 e. The van der Waals surface area contributed by atoms with E-state index >= 15 is 0 Å². The Balaban J connectivity index is 1.70. The van der Waals surface area contributed by atoms with E-state index in [1.807, 2.05) is 24.3 Å². The van der Waals surface area contributed by atoms with Crippen LogP contribution in [0.5, 0.6) is 0 Å². The highest BCUT2D eigenvalue weighted by atomic mass is 14.8. The van der Waals surface area contributed by atoms with Crippen molar-refractivity contribution in [2.75, 3.05) is 0 Å². The van der Waals surface area contributed by atoms with E-state index in [0.29, 0.717) is 5.56 Å². The number of fused-ring (bicyclic) bond motifs is 2. The van der Waals surface area contributed by atoms with Crippen LogP contribution in [0.3, 0.4) is 0 Å². The van der Waals surface area contributed by atoms with Crippen molar-refractivity contribution in [2.24, 2.45) is 0 Å². The van der Waals surface area contributed by atoms with Gasteiger partial charge in [-0.25, -0.2) is 19.4 Å². The summed E-state index contributed by atoms with van der Waals surface area (Å²) in [6.45, 7) is 47.9. The molecule has 0 unspecified atom stereocenters. The molecule has 0 N–H and O–H groups in total. The van der Waals surface area contributed by atoms with Gasteiger partial charge in [-0.2, -0.15) is 31.6 Å². The van der Waals surface area contributed by atoms with Crippen molar-refractivity contribution in [3.8, 4) is 36.4 Å². The molecule has 274 valence electrons. The lowest BCUT2D eigenvalue weighted by molar-refractivity contribution is 1.42. The van der Waals surface area contributed by atoms with Crippen LogP contribution < -0.4 is 0 Å². The molecule has 0 aliphatic heterocycles. The molecule has 0 atom stereocenters. The van der Waals surface area contributed by atoms with Gasteiger partial charge >= 0.3 is 0 Å². The summed E-state index contributed by atoms with van der Waals surface area (Å²) in [5, 5.41) is 61.5. The zero-order valence-corrected chi connectivity index (χ0v) is 31.4. The summed E-state index contributed by atoms with van der Waals surface area (Å²) >= 11 is 0.